The van der Waals surface area contributed by atoms with E-state index in [1.54, 1.807) is 7.11 Å². The van der Waals surface area contributed by atoms with Gasteiger partial charge >= 0.3 is 0 Å². The maximum Gasteiger partial charge on any atom is 0.152 e. The van der Waals surface area contributed by atoms with Crippen LogP contribution in [0.25, 0.3) is 10.6 Å². The van der Waals surface area contributed by atoms with Crippen LogP contribution in [0.1, 0.15) is 11.1 Å². The van der Waals surface area contributed by atoms with E-state index in [4.69, 9.17) is 16.3 Å². The summed E-state index contributed by atoms with van der Waals surface area (Å²) in [5, 5.41) is 0.434. The molecule has 2 nitrogen and oxygen atoms in total. The van der Waals surface area contributed by atoms with Crippen molar-refractivity contribution < 1.29 is 9.53 Å². The van der Waals surface area contributed by atoms with Gasteiger partial charge in [-0.2, -0.15) is 0 Å². The monoisotopic (exact) mass is 272 g/mol. The van der Waals surface area contributed by atoms with E-state index >= 15 is 0 Å². The van der Waals surface area contributed by atoms with E-state index in [1.165, 1.54) is 0 Å². The third-order valence-corrected chi connectivity index (χ3v) is 3.20. The van der Waals surface area contributed by atoms with Crippen molar-refractivity contribution in [2.45, 2.75) is 0 Å². The summed E-state index contributed by atoms with van der Waals surface area (Å²) in [6.45, 7) is 0. The highest BCUT2D eigenvalue weighted by Crippen LogP contribution is 2.29. The molecule has 0 heterocycles. The first-order chi connectivity index (χ1) is 9.26. The summed E-state index contributed by atoms with van der Waals surface area (Å²) in [4.78, 5) is 11.3. The molecule has 0 aromatic heterocycles. The van der Waals surface area contributed by atoms with Gasteiger partial charge in [-0.1, -0.05) is 41.9 Å². The molecule has 0 unspecified atom stereocenters. The second kappa shape index (κ2) is 6.21. The molecular weight excluding hydrogens is 260 g/mol. The molecule has 2 rings (SSSR count). The summed E-state index contributed by atoms with van der Waals surface area (Å²) in [5.74, 6) is 0.751. The normalized spacial score (nSPS) is 11.7. The Bertz CT molecular complexity index is 586. The van der Waals surface area contributed by atoms with E-state index < -0.39 is 0 Å². The van der Waals surface area contributed by atoms with E-state index in [9.17, 15) is 4.79 Å². The number of allylic oxidation sites excluding steroid dienone is 1. The van der Waals surface area contributed by atoms with Crippen molar-refractivity contribution in [1.82, 2.24) is 0 Å². The first-order valence-electron chi connectivity index (χ1n) is 5.81. The molecule has 2 aromatic rings. The number of carbonyl (C=O) groups excluding carboxylic acids is 1. The fraction of sp³-hybridized carbons (Fsp3) is 0.0625. The molecule has 0 N–H and O–H groups in total. The van der Waals surface area contributed by atoms with Gasteiger partial charge in [-0.05, 0) is 35.4 Å². The highest BCUT2D eigenvalue weighted by atomic mass is 35.5. The van der Waals surface area contributed by atoms with Gasteiger partial charge in [0.25, 0.3) is 0 Å². The van der Waals surface area contributed by atoms with Crippen LogP contribution in [0.3, 0.4) is 0 Å². The minimum absolute atomic E-state index is 0.434. The van der Waals surface area contributed by atoms with Crippen LogP contribution < -0.4 is 4.74 Å². The number of halogens is 1. The highest BCUT2D eigenvalue weighted by molar-refractivity contribution is 6.55. The van der Waals surface area contributed by atoms with Crippen molar-refractivity contribution in [3.05, 3.63) is 65.7 Å². The predicted molar refractivity (Wildman–Crippen MR) is 78.2 cm³/mol. The first kappa shape index (κ1) is 13.4. The van der Waals surface area contributed by atoms with Crippen LogP contribution >= 0.6 is 11.6 Å². The minimum atomic E-state index is 0.434. The third-order valence-electron chi connectivity index (χ3n) is 2.78. The Balaban J connectivity index is 2.45. The zero-order chi connectivity index (χ0) is 13.7. The summed E-state index contributed by atoms with van der Waals surface area (Å²) in [6.07, 6.45) is 0.780. The second-order valence-corrected chi connectivity index (χ2v) is 4.32. The van der Waals surface area contributed by atoms with Crippen LogP contribution in [0.4, 0.5) is 0 Å². The second-order valence-electron chi connectivity index (χ2n) is 3.94. The Morgan fingerprint density at radius 1 is 1.00 bits per heavy atom. The maximum absolute atomic E-state index is 11.3. The lowest BCUT2D eigenvalue weighted by Gasteiger charge is -2.06. The van der Waals surface area contributed by atoms with Gasteiger partial charge < -0.3 is 4.74 Å². The van der Waals surface area contributed by atoms with E-state index in [2.05, 4.69) is 0 Å². The van der Waals surface area contributed by atoms with E-state index in [1.807, 2.05) is 54.6 Å². The summed E-state index contributed by atoms with van der Waals surface area (Å²) >= 11 is 6.31. The van der Waals surface area contributed by atoms with Gasteiger partial charge in [0.15, 0.2) is 6.29 Å². The summed E-state index contributed by atoms with van der Waals surface area (Å²) in [7, 11) is 1.60. The number of hydrogen-bond donors (Lipinski definition) is 0. The molecule has 0 fully saturated rings. The number of ether oxygens (including phenoxy) is 1. The maximum atomic E-state index is 11.3. The van der Waals surface area contributed by atoms with Crippen molar-refractivity contribution in [1.29, 1.82) is 0 Å². The smallest absolute Gasteiger partial charge is 0.152 e. The topological polar surface area (TPSA) is 26.3 Å². The fourth-order valence-electron chi connectivity index (χ4n) is 1.76. The molecule has 0 radical (unpaired) electrons. The van der Waals surface area contributed by atoms with Gasteiger partial charge in [-0.25, -0.2) is 0 Å². The number of rotatable bonds is 4. The quantitative estimate of drug-likeness (QED) is 0.478. The first-order valence-corrected chi connectivity index (χ1v) is 6.19. The Morgan fingerprint density at radius 3 is 2.16 bits per heavy atom. The van der Waals surface area contributed by atoms with Crippen LogP contribution in [-0.2, 0) is 4.79 Å². The van der Waals surface area contributed by atoms with Crippen molar-refractivity contribution in [3.8, 4) is 5.75 Å². The van der Waals surface area contributed by atoms with Crippen LogP contribution in [0, 0.1) is 0 Å². The van der Waals surface area contributed by atoms with E-state index in [-0.39, 0.29) is 0 Å². The molecule has 0 atom stereocenters. The fourth-order valence-corrected chi connectivity index (χ4v) is 2.04. The molecule has 19 heavy (non-hydrogen) atoms. The minimum Gasteiger partial charge on any atom is -0.497 e. The Hall–Kier alpha value is -2.06. The van der Waals surface area contributed by atoms with Gasteiger partial charge in [0.05, 0.1) is 12.1 Å². The third kappa shape index (κ3) is 3.04. The molecule has 96 valence electrons. The number of benzene rings is 2. The van der Waals surface area contributed by atoms with Gasteiger partial charge in [0.1, 0.15) is 5.75 Å². The largest absolute Gasteiger partial charge is 0.497 e. The van der Waals surface area contributed by atoms with Crippen LogP contribution in [-0.4, -0.2) is 13.4 Å². The van der Waals surface area contributed by atoms with Crippen molar-refractivity contribution in [3.63, 3.8) is 0 Å². The molecule has 0 aliphatic carbocycles. The molecular formula is C16H13ClO2. The van der Waals surface area contributed by atoms with Crippen LogP contribution in [0.15, 0.2) is 54.6 Å². The lowest BCUT2D eigenvalue weighted by Crippen LogP contribution is -1.90. The Morgan fingerprint density at radius 2 is 1.63 bits per heavy atom. The van der Waals surface area contributed by atoms with Crippen LogP contribution in [0.2, 0.25) is 0 Å². The molecule has 0 spiro atoms. The van der Waals surface area contributed by atoms with E-state index in [0.29, 0.717) is 10.6 Å². The molecule has 0 amide bonds. The Labute approximate surface area is 117 Å². The van der Waals surface area contributed by atoms with Gasteiger partial charge in [0, 0.05) is 5.57 Å². The standard InChI is InChI=1S/C16H13ClO2/c1-19-14-9-7-13(8-10-14)16(17)15(11-18)12-5-3-2-4-6-12/h2-11H,1H3. The molecule has 0 saturated heterocycles. The average Bonchev–Trinajstić information content (AvgIpc) is 2.49. The molecule has 2 aromatic carbocycles. The number of carbonyl (C=O) groups is 1. The highest BCUT2D eigenvalue weighted by Gasteiger charge is 2.08. The molecule has 0 saturated carbocycles. The van der Waals surface area contributed by atoms with Gasteiger partial charge in [0.2, 0.25) is 0 Å². The van der Waals surface area contributed by atoms with Crippen LogP contribution in [0.5, 0.6) is 5.75 Å². The number of methoxy groups -OCH3 is 1. The SMILES string of the molecule is COc1ccc(C(Cl)=C(C=O)c2ccccc2)cc1. The number of hydrogen-bond acceptors (Lipinski definition) is 2. The zero-order valence-corrected chi connectivity index (χ0v) is 11.2. The zero-order valence-electron chi connectivity index (χ0n) is 10.5. The summed E-state index contributed by atoms with van der Waals surface area (Å²) in [5.41, 5.74) is 2.07. The van der Waals surface area contributed by atoms with E-state index in [0.717, 1.165) is 23.2 Å². The summed E-state index contributed by atoms with van der Waals surface area (Å²) < 4.78 is 5.09. The molecule has 0 bridgehead atoms. The number of aldehydes is 1. The molecule has 3 heteroatoms. The lowest BCUT2D eigenvalue weighted by atomic mass is 10.0. The molecule has 0 aliphatic rings. The molecule has 0 aliphatic heterocycles. The Kier molecular flexibility index (Phi) is 4.37. The lowest BCUT2D eigenvalue weighted by molar-refractivity contribution is -0.103. The van der Waals surface area contributed by atoms with Gasteiger partial charge in [-0.15, -0.1) is 0 Å². The van der Waals surface area contributed by atoms with Gasteiger partial charge in [-0.3, -0.25) is 4.79 Å². The summed E-state index contributed by atoms with van der Waals surface area (Å²) in [6, 6.07) is 16.6. The van der Waals surface area contributed by atoms with Crippen molar-refractivity contribution in [2.24, 2.45) is 0 Å². The predicted octanol–water partition coefficient (Wildman–Crippen LogP) is 4.00. The van der Waals surface area contributed by atoms with Crippen molar-refractivity contribution >= 4 is 28.5 Å². The van der Waals surface area contributed by atoms with Crippen molar-refractivity contribution in [2.75, 3.05) is 7.11 Å². The average molecular weight is 273 g/mol.